The maximum Gasteiger partial charge on any atom is 0.439 e. The van der Waals surface area contributed by atoms with E-state index in [1.54, 1.807) is 4.57 Å². The fraction of sp³-hybridized carbons (Fsp3) is 0.226. The van der Waals surface area contributed by atoms with Gasteiger partial charge in [-0.25, -0.2) is 9.78 Å². The molecule has 5 aromatic rings. The maximum atomic E-state index is 13.7. The maximum absolute atomic E-state index is 13.7. The summed E-state index contributed by atoms with van der Waals surface area (Å²) in [5.74, 6) is 0.534. The van der Waals surface area contributed by atoms with E-state index < -0.39 is 5.76 Å². The molecule has 0 saturated heterocycles. The molecule has 5 rings (SSSR count). The number of nitrogens with one attached hydrogen (secondary N) is 1. The van der Waals surface area contributed by atoms with E-state index in [0.29, 0.717) is 18.8 Å². The number of aromatic amines is 1. The van der Waals surface area contributed by atoms with Gasteiger partial charge in [-0.05, 0) is 42.5 Å². The van der Waals surface area contributed by atoms with Gasteiger partial charge in [-0.2, -0.15) is 0 Å². The lowest BCUT2D eigenvalue weighted by molar-refractivity contribution is 0.388. The Balaban J connectivity index is 1.47. The fourth-order valence-corrected chi connectivity index (χ4v) is 4.73. The molecular formula is C31H30N4O3. The number of hydrogen-bond acceptors (Lipinski definition) is 5. The van der Waals surface area contributed by atoms with Crippen LogP contribution in [0.25, 0.3) is 22.5 Å². The molecule has 0 aliphatic heterocycles. The zero-order valence-corrected chi connectivity index (χ0v) is 21.8. The smallest absolute Gasteiger partial charge is 0.296 e. The van der Waals surface area contributed by atoms with Gasteiger partial charge >= 0.3 is 5.76 Å². The Hall–Kier alpha value is -4.52. The van der Waals surface area contributed by atoms with Gasteiger partial charge < -0.3 is 0 Å². The first-order valence-corrected chi connectivity index (χ1v) is 12.8. The number of hydrogen-bond donors (Lipinski definition) is 1. The summed E-state index contributed by atoms with van der Waals surface area (Å²) in [6.07, 6.45) is 2.19. The Morgan fingerprint density at radius 2 is 1.55 bits per heavy atom. The van der Waals surface area contributed by atoms with Crippen LogP contribution in [0.5, 0.6) is 0 Å². The molecule has 0 aliphatic rings. The van der Waals surface area contributed by atoms with Crippen LogP contribution in [0.3, 0.4) is 0 Å². The molecular weight excluding hydrogens is 476 g/mol. The van der Waals surface area contributed by atoms with Crippen LogP contribution >= 0.6 is 0 Å². The predicted molar refractivity (Wildman–Crippen MR) is 148 cm³/mol. The van der Waals surface area contributed by atoms with Gasteiger partial charge in [0, 0.05) is 17.5 Å². The molecule has 0 amide bonds. The molecule has 0 unspecified atom stereocenters. The van der Waals surface area contributed by atoms with Crippen molar-refractivity contribution in [2.75, 3.05) is 0 Å². The van der Waals surface area contributed by atoms with Gasteiger partial charge in [-0.1, -0.05) is 96.9 Å². The summed E-state index contributed by atoms with van der Waals surface area (Å²) in [5, 5.41) is 3.84. The molecule has 0 spiro atoms. The van der Waals surface area contributed by atoms with Crippen LogP contribution in [0.1, 0.15) is 47.1 Å². The molecule has 0 aliphatic carbocycles. The van der Waals surface area contributed by atoms with Gasteiger partial charge in [0.1, 0.15) is 5.82 Å². The highest BCUT2D eigenvalue weighted by molar-refractivity contribution is 5.80. The van der Waals surface area contributed by atoms with Crippen LogP contribution in [-0.2, 0) is 19.4 Å². The second-order valence-electron chi connectivity index (χ2n) is 9.57. The molecule has 0 atom stereocenters. The molecule has 2 aromatic heterocycles. The summed E-state index contributed by atoms with van der Waals surface area (Å²) >= 11 is 0. The van der Waals surface area contributed by atoms with Crippen molar-refractivity contribution in [3.8, 4) is 22.5 Å². The first-order chi connectivity index (χ1) is 18.4. The number of H-pyrrole nitrogens is 1. The Bertz CT molecular complexity index is 1680. The van der Waals surface area contributed by atoms with Crippen LogP contribution in [0, 0.1) is 13.8 Å². The third kappa shape index (κ3) is 5.27. The van der Waals surface area contributed by atoms with Crippen LogP contribution in [0.15, 0.2) is 86.9 Å². The van der Waals surface area contributed by atoms with Gasteiger partial charge in [0.25, 0.3) is 5.56 Å². The highest BCUT2D eigenvalue weighted by Crippen LogP contribution is 2.30. The van der Waals surface area contributed by atoms with Crippen molar-refractivity contribution in [3.63, 3.8) is 0 Å². The van der Waals surface area contributed by atoms with Gasteiger partial charge in [-0.3, -0.25) is 18.9 Å². The van der Waals surface area contributed by atoms with E-state index in [0.717, 1.165) is 57.7 Å². The fourth-order valence-electron chi connectivity index (χ4n) is 4.73. The first kappa shape index (κ1) is 25.1. The quantitative estimate of drug-likeness (QED) is 0.302. The third-order valence-electron chi connectivity index (χ3n) is 6.76. The zero-order chi connectivity index (χ0) is 26.6. The van der Waals surface area contributed by atoms with E-state index in [1.807, 2.05) is 55.5 Å². The number of aromatic nitrogens is 4. The molecule has 7 heteroatoms. The molecule has 192 valence electrons. The van der Waals surface area contributed by atoms with E-state index in [4.69, 9.17) is 9.51 Å². The molecule has 3 aromatic carbocycles. The minimum absolute atomic E-state index is 0.0194. The van der Waals surface area contributed by atoms with E-state index in [1.165, 1.54) is 5.56 Å². The molecule has 0 saturated carbocycles. The topological polar surface area (TPSA) is 93.8 Å². The Morgan fingerprint density at radius 3 is 2.21 bits per heavy atom. The number of rotatable bonds is 8. The highest BCUT2D eigenvalue weighted by Gasteiger charge is 2.16. The minimum Gasteiger partial charge on any atom is -0.296 e. The van der Waals surface area contributed by atoms with Crippen molar-refractivity contribution in [2.24, 2.45) is 0 Å². The number of benzene rings is 3. The monoisotopic (exact) mass is 506 g/mol. The summed E-state index contributed by atoms with van der Waals surface area (Å²) in [6, 6.07) is 24.1. The molecule has 7 nitrogen and oxygen atoms in total. The average molecular weight is 507 g/mol. The SMILES string of the molecule is CCCc1nc(C)n(Cc2ccc(C)cc2)c(=O)c1Cc1ccc(-c2ccccc2-c2noc(=O)[nH]2)cc1. The molecule has 38 heavy (non-hydrogen) atoms. The van der Waals surface area contributed by atoms with E-state index in [2.05, 4.69) is 48.3 Å². The lowest BCUT2D eigenvalue weighted by Crippen LogP contribution is -2.30. The molecule has 2 heterocycles. The highest BCUT2D eigenvalue weighted by atomic mass is 16.5. The van der Waals surface area contributed by atoms with Gasteiger partial charge in [0.2, 0.25) is 0 Å². The third-order valence-corrected chi connectivity index (χ3v) is 6.76. The summed E-state index contributed by atoms with van der Waals surface area (Å²) in [7, 11) is 0. The van der Waals surface area contributed by atoms with Crippen molar-refractivity contribution in [3.05, 3.63) is 127 Å². The van der Waals surface area contributed by atoms with Crippen LogP contribution in [0.4, 0.5) is 0 Å². The van der Waals surface area contributed by atoms with E-state index >= 15 is 0 Å². The largest absolute Gasteiger partial charge is 0.439 e. The van der Waals surface area contributed by atoms with E-state index in [-0.39, 0.29) is 5.56 Å². The lowest BCUT2D eigenvalue weighted by atomic mass is 9.96. The standard InChI is InChI=1S/C31H30N4O3/c1-4-7-28-27(30(36)35(21(3)32-28)19-23-12-10-20(2)11-13-23)18-22-14-16-24(17-15-22)25-8-5-6-9-26(25)29-33-31(37)38-34-29/h5-6,8-17H,4,7,18-19H2,1-3H3,(H,33,34,37). The number of aryl methyl sites for hydroxylation is 3. The number of nitrogens with zero attached hydrogens (tertiary/aromatic N) is 3. The normalized spacial score (nSPS) is 11.1. The van der Waals surface area contributed by atoms with Crippen molar-refractivity contribution in [1.82, 2.24) is 19.7 Å². The Morgan fingerprint density at radius 1 is 0.868 bits per heavy atom. The molecule has 0 radical (unpaired) electrons. The minimum atomic E-state index is -0.590. The molecule has 1 N–H and O–H groups in total. The van der Waals surface area contributed by atoms with Crippen LogP contribution in [0.2, 0.25) is 0 Å². The molecule has 0 fully saturated rings. The summed E-state index contributed by atoms with van der Waals surface area (Å²) in [4.78, 5) is 32.7. The van der Waals surface area contributed by atoms with Crippen molar-refractivity contribution >= 4 is 0 Å². The lowest BCUT2D eigenvalue weighted by Gasteiger charge is -2.16. The van der Waals surface area contributed by atoms with Crippen molar-refractivity contribution in [2.45, 2.75) is 46.6 Å². The average Bonchev–Trinajstić information content (AvgIpc) is 3.36. The van der Waals surface area contributed by atoms with Crippen LogP contribution < -0.4 is 11.3 Å². The van der Waals surface area contributed by atoms with Crippen molar-refractivity contribution in [1.29, 1.82) is 0 Å². The van der Waals surface area contributed by atoms with E-state index in [9.17, 15) is 9.59 Å². The summed E-state index contributed by atoms with van der Waals surface area (Å²) in [6.45, 7) is 6.57. The summed E-state index contributed by atoms with van der Waals surface area (Å²) in [5.41, 5.74) is 7.61. The summed E-state index contributed by atoms with van der Waals surface area (Å²) < 4.78 is 6.48. The second-order valence-corrected chi connectivity index (χ2v) is 9.57. The second kappa shape index (κ2) is 10.8. The van der Waals surface area contributed by atoms with Gasteiger partial charge in [-0.15, -0.1) is 0 Å². The van der Waals surface area contributed by atoms with Gasteiger partial charge in [0.05, 0.1) is 12.2 Å². The Labute approximate surface area is 220 Å². The van der Waals surface area contributed by atoms with Gasteiger partial charge in [0.15, 0.2) is 5.82 Å². The van der Waals surface area contributed by atoms with Crippen LogP contribution in [-0.4, -0.2) is 19.7 Å². The van der Waals surface area contributed by atoms with Crippen molar-refractivity contribution < 1.29 is 4.52 Å². The first-order valence-electron chi connectivity index (χ1n) is 12.8. The zero-order valence-electron chi connectivity index (χ0n) is 21.8. The Kier molecular flexibility index (Phi) is 7.18. The predicted octanol–water partition coefficient (Wildman–Crippen LogP) is 5.46. The molecule has 0 bridgehead atoms.